The quantitative estimate of drug-likeness (QED) is 0.565. The highest BCUT2D eigenvalue weighted by Crippen LogP contribution is 2.29. The highest BCUT2D eigenvalue weighted by molar-refractivity contribution is 6.04. The number of carbonyl (C=O) groups is 1. The maximum Gasteiger partial charge on any atom is 0.255 e. The van der Waals surface area contributed by atoms with E-state index in [9.17, 15) is 4.79 Å². The average Bonchev–Trinajstić information content (AvgIpc) is 2.73. The number of amides is 1. The Kier molecular flexibility index (Phi) is 9.52. The fraction of sp³-hybridized carbons (Fsp3) is 0.250. The number of hydrogen-bond donors (Lipinski definition) is 1. The van der Waals surface area contributed by atoms with E-state index >= 15 is 0 Å². The molecule has 3 nitrogen and oxygen atoms in total. The van der Waals surface area contributed by atoms with Crippen molar-refractivity contribution in [1.29, 1.82) is 0 Å². The van der Waals surface area contributed by atoms with Crippen LogP contribution in [0, 0.1) is 13.8 Å². The van der Waals surface area contributed by atoms with Crippen molar-refractivity contribution in [3.05, 3.63) is 83.7 Å². The lowest BCUT2D eigenvalue weighted by Gasteiger charge is -2.12. The van der Waals surface area contributed by atoms with E-state index in [0.717, 1.165) is 11.3 Å². The van der Waals surface area contributed by atoms with Crippen LogP contribution in [0.3, 0.4) is 0 Å². The highest BCUT2D eigenvalue weighted by atomic mass is 16.1. The molecule has 2 aromatic carbocycles. The van der Waals surface area contributed by atoms with Gasteiger partial charge in [0, 0.05) is 23.6 Å². The molecule has 0 atom stereocenters. The molecule has 0 spiro atoms. The van der Waals surface area contributed by atoms with Crippen LogP contribution in [-0.4, -0.2) is 10.9 Å². The molecule has 0 saturated heterocycles. The third kappa shape index (κ3) is 6.07. The van der Waals surface area contributed by atoms with Crippen molar-refractivity contribution in [1.82, 2.24) is 4.98 Å². The van der Waals surface area contributed by atoms with Gasteiger partial charge in [-0.1, -0.05) is 58.0 Å². The first kappa shape index (κ1) is 22.1. The number of nitrogens with zero attached hydrogens (tertiary/aromatic N) is 1. The molecule has 0 bridgehead atoms. The molecule has 1 aromatic heterocycles. The van der Waals surface area contributed by atoms with Crippen LogP contribution in [0.1, 0.15) is 49.2 Å². The predicted octanol–water partition coefficient (Wildman–Crippen LogP) is 6.67. The van der Waals surface area contributed by atoms with Gasteiger partial charge in [-0.25, -0.2) is 0 Å². The summed E-state index contributed by atoms with van der Waals surface area (Å²) in [7, 11) is 0. The van der Waals surface area contributed by atoms with Gasteiger partial charge < -0.3 is 5.32 Å². The number of carbonyl (C=O) groups excluding carboxylic acids is 1. The molecule has 3 heteroatoms. The van der Waals surface area contributed by atoms with Crippen LogP contribution < -0.4 is 5.32 Å². The Balaban J connectivity index is 0.000000855. The molecular formula is C24H30N2O. The van der Waals surface area contributed by atoms with Gasteiger partial charge in [0.05, 0.1) is 0 Å². The Morgan fingerprint density at radius 2 is 1.37 bits per heavy atom. The molecule has 0 fully saturated rings. The summed E-state index contributed by atoms with van der Waals surface area (Å²) in [6.07, 6.45) is 3.23. The normalized spacial score (nSPS) is 9.26. The summed E-state index contributed by atoms with van der Waals surface area (Å²) in [5, 5.41) is 2.95. The smallest absolute Gasteiger partial charge is 0.255 e. The van der Waals surface area contributed by atoms with E-state index in [1.807, 2.05) is 58.0 Å². The van der Waals surface area contributed by atoms with Crippen molar-refractivity contribution >= 4 is 11.6 Å². The Labute approximate surface area is 163 Å². The van der Waals surface area contributed by atoms with E-state index in [1.54, 1.807) is 24.5 Å². The molecule has 1 heterocycles. The third-order valence-electron chi connectivity index (χ3n) is 3.87. The number of rotatable bonds is 3. The molecule has 1 N–H and O–H groups in total. The van der Waals surface area contributed by atoms with Gasteiger partial charge in [0.25, 0.3) is 5.91 Å². The SMILES string of the molecule is CC.CC.Cc1ccccc1-c1cc(NC(=O)c2ccncc2)ccc1C. The van der Waals surface area contributed by atoms with Gasteiger partial charge in [-0.15, -0.1) is 0 Å². The Morgan fingerprint density at radius 3 is 2.00 bits per heavy atom. The number of aromatic nitrogens is 1. The van der Waals surface area contributed by atoms with E-state index in [-0.39, 0.29) is 5.91 Å². The largest absolute Gasteiger partial charge is 0.322 e. The van der Waals surface area contributed by atoms with Crippen molar-refractivity contribution in [3.8, 4) is 11.1 Å². The topological polar surface area (TPSA) is 42.0 Å². The minimum Gasteiger partial charge on any atom is -0.322 e. The molecule has 27 heavy (non-hydrogen) atoms. The van der Waals surface area contributed by atoms with Gasteiger partial charge in [0.2, 0.25) is 0 Å². The van der Waals surface area contributed by atoms with Gasteiger partial charge in [-0.05, 0) is 60.4 Å². The lowest BCUT2D eigenvalue weighted by Crippen LogP contribution is -2.11. The fourth-order valence-corrected chi connectivity index (χ4v) is 2.57. The van der Waals surface area contributed by atoms with Gasteiger partial charge >= 0.3 is 0 Å². The zero-order valence-corrected chi connectivity index (χ0v) is 17.2. The van der Waals surface area contributed by atoms with Crippen LogP contribution in [0.25, 0.3) is 11.1 Å². The molecule has 3 rings (SSSR count). The molecule has 3 aromatic rings. The molecule has 0 saturated carbocycles. The number of anilines is 1. The molecule has 0 radical (unpaired) electrons. The van der Waals surface area contributed by atoms with Crippen LogP contribution in [0.5, 0.6) is 0 Å². The number of pyridine rings is 1. The number of hydrogen-bond acceptors (Lipinski definition) is 2. The predicted molar refractivity (Wildman–Crippen MR) is 116 cm³/mol. The first-order chi connectivity index (χ1) is 13.1. The van der Waals surface area contributed by atoms with Crippen molar-refractivity contribution in [2.24, 2.45) is 0 Å². The van der Waals surface area contributed by atoms with Gasteiger partial charge in [0.1, 0.15) is 0 Å². The van der Waals surface area contributed by atoms with E-state index in [2.05, 4.69) is 36.3 Å². The molecule has 0 unspecified atom stereocenters. The van der Waals surface area contributed by atoms with E-state index < -0.39 is 0 Å². The minimum atomic E-state index is -0.132. The van der Waals surface area contributed by atoms with Crippen LogP contribution in [0.15, 0.2) is 67.0 Å². The molecule has 0 aliphatic carbocycles. The average molecular weight is 363 g/mol. The van der Waals surface area contributed by atoms with Crippen molar-refractivity contribution in [2.45, 2.75) is 41.5 Å². The van der Waals surface area contributed by atoms with Gasteiger partial charge in [0.15, 0.2) is 0 Å². The summed E-state index contributed by atoms with van der Waals surface area (Å²) in [5.41, 5.74) is 6.10. The highest BCUT2D eigenvalue weighted by Gasteiger charge is 2.09. The summed E-state index contributed by atoms with van der Waals surface area (Å²) in [4.78, 5) is 16.2. The second-order valence-electron chi connectivity index (χ2n) is 5.53. The fourth-order valence-electron chi connectivity index (χ4n) is 2.57. The Morgan fingerprint density at radius 1 is 0.778 bits per heavy atom. The molecule has 142 valence electrons. The first-order valence-corrected chi connectivity index (χ1v) is 9.53. The molecule has 0 aliphatic heterocycles. The maximum absolute atomic E-state index is 12.3. The Hall–Kier alpha value is -2.94. The van der Waals surface area contributed by atoms with Crippen LogP contribution in [0.2, 0.25) is 0 Å². The van der Waals surface area contributed by atoms with Crippen molar-refractivity contribution in [3.63, 3.8) is 0 Å². The molecular weight excluding hydrogens is 332 g/mol. The molecule has 0 aliphatic rings. The van der Waals surface area contributed by atoms with E-state index in [4.69, 9.17) is 0 Å². The first-order valence-electron chi connectivity index (χ1n) is 9.53. The summed E-state index contributed by atoms with van der Waals surface area (Å²) in [6, 6.07) is 17.6. The second-order valence-corrected chi connectivity index (χ2v) is 5.53. The number of aryl methyl sites for hydroxylation is 2. The number of benzene rings is 2. The summed E-state index contributed by atoms with van der Waals surface area (Å²) in [5.74, 6) is -0.132. The lowest BCUT2D eigenvalue weighted by molar-refractivity contribution is 0.102. The monoisotopic (exact) mass is 362 g/mol. The molecule has 1 amide bonds. The summed E-state index contributed by atoms with van der Waals surface area (Å²) < 4.78 is 0. The standard InChI is InChI=1S/C20H18N2O.2C2H6/c1-14-5-3-4-6-18(14)19-13-17(8-7-15(19)2)22-20(23)16-9-11-21-12-10-16;2*1-2/h3-13H,1-2H3,(H,22,23);2*1-2H3. The number of nitrogens with one attached hydrogen (secondary N) is 1. The van der Waals surface area contributed by atoms with E-state index in [1.165, 1.54) is 16.7 Å². The van der Waals surface area contributed by atoms with Crippen LogP contribution in [-0.2, 0) is 0 Å². The zero-order chi connectivity index (χ0) is 20.2. The maximum atomic E-state index is 12.3. The lowest BCUT2D eigenvalue weighted by atomic mass is 9.96. The Bertz CT molecular complexity index is 842. The van der Waals surface area contributed by atoms with Crippen molar-refractivity contribution < 1.29 is 4.79 Å². The minimum absolute atomic E-state index is 0.132. The third-order valence-corrected chi connectivity index (χ3v) is 3.87. The van der Waals surface area contributed by atoms with Crippen molar-refractivity contribution in [2.75, 3.05) is 5.32 Å². The van der Waals surface area contributed by atoms with Gasteiger partial charge in [-0.3, -0.25) is 9.78 Å². The van der Waals surface area contributed by atoms with Crippen LogP contribution >= 0.6 is 0 Å². The zero-order valence-electron chi connectivity index (χ0n) is 17.2. The van der Waals surface area contributed by atoms with Gasteiger partial charge in [-0.2, -0.15) is 0 Å². The second kappa shape index (κ2) is 11.6. The van der Waals surface area contributed by atoms with Crippen LogP contribution in [0.4, 0.5) is 5.69 Å². The summed E-state index contributed by atoms with van der Waals surface area (Å²) in [6.45, 7) is 12.2. The van der Waals surface area contributed by atoms with E-state index in [0.29, 0.717) is 5.56 Å². The summed E-state index contributed by atoms with van der Waals surface area (Å²) >= 11 is 0.